The van der Waals surface area contributed by atoms with Crippen LogP contribution in [0.3, 0.4) is 0 Å². The molecule has 0 aliphatic rings. The van der Waals surface area contributed by atoms with Crippen LogP contribution in [0.15, 0.2) is 30.3 Å². The number of hydrogen-bond acceptors (Lipinski definition) is 2. The molecule has 0 bridgehead atoms. The standard InChI is InChI=1S/C11H13NO3/c1-12(8-11(14)15)10(13)7-9-5-3-2-4-6-9/h2-6H,7-8H2,1H3,(H,14,15). The van der Waals surface area contributed by atoms with Crippen molar-refractivity contribution < 1.29 is 14.7 Å². The van der Waals surface area contributed by atoms with Crippen LogP contribution in [0.2, 0.25) is 0 Å². The number of amides is 1. The van der Waals surface area contributed by atoms with E-state index in [1.54, 1.807) is 0 Å². The first-order chi connectivity index (χ1) is 7.09. The number of nitrogens with zero attached hydrogens (tertiary/aromatic N) is 1. The minimum absolute atomic E-state index is 0.191. The second-order valence-electron chi connectivity index (χ2n) is 3.31. The molecule has 0 unspecified atom stereocenters. The summed E-state index contributed by atoms with van der Waals surface area (Å²) in [5.41, 5.74) is 0.889. The van der Waals surface area contributed by atoms with Gasteiger partial charge in [-0.15, -0.1) is 0 Å². The number of carbonyl (C=O) groups is 2. The molecule has 80 valence electrons. The molecule has 0 spiro atoms. The van der Waals surface area contributed by atoms with E-state index in [1.165, 1.54) is 11.9 Å². The maximum absolute atomic E-state index is 11.5. The zero-order valence-electron chi connectivity index (χ0n) is 8.51. The van der Waals surface area contributed by atoms with E-state index in [9.17, 15) is 9.59 Å². The summed E-state index contributed by atoms with van der Waals surface area (Å²) in [6, 6.07) is 9.24. The topological polar surface area (TPSA) is 57.6 Å². The van der Waals surface area contributed by atoms with Crippen LogP contribution < -0.4 is 0 Å². The summed E-state index contributed by atoms with van der Waals surface area (Å²) in [7, 11) is 1.49. The quantitative estimate of drug-likeness (QED) is 0.793. The first-order valence-corrected chi connectivity index (χ1v) is 4.59. The summed E-state index contributed by atoms with van der Waals surface area (Å²) in [6.45, 7) is -0.258. The lowest BCUT2D eigenvalue weighted by molar-refractivity contribution is -0.143. The fraction of sp³-hybridized carbons (Fsp3) is 0.273. The lowest BCUT2D eigenvalue weighted by Crippen LogP contribution is -2.33. The normalized spacial score (nSPS) is 9.67. The molecular formula is C11H13NO3. The van der Waals surface area contributed by atoms with Crippen LogP contribution in [0.25, 0.3) is 0 Å². The van der Waals surface area contributed by atoms with Crippen molar-refractivity contribution in [1.82, 2.24) is 4.90 Å². The van der Waals surface area contributed by atoms with E-state index in [2.05, 4.69) is 0 Å². The van der Waals surface area contributed by atoms with Crippen molar-refractivity contribution in [3.8, 4) is 0 Å². The third-order valence-electron chi connectivity index (χ3n) is 2.00. The second kappa shape index (κ2) is 5.14. The van der Waals surface area contributed by atoms with Gasteiger partial charge in [0, 0.05) is 7.05 Å². The Morgan fingerprint density at radius 1 is 1.27 bits per heavy atom. The van der Waals surface area contributed by atoms with Gasteiger partial charge in [-0.05, 0) is 5.56 Å². The van der Waals surface area contributed by atoms with E-state index in [0.717, 1.165) is 5.56 Å². The lowest BCUT2D eigenvalue weighted by Gasteiger charge is -2.14. The molecule has 0 aromatic heterocycles. The van der Waals surface area contributed by atoms with Crippen molar-refractivity contribution >= 4 is 11.9 Å². The highest BCUT2D eigenvalue weighted by molar-refractivity contribution is 5.82. The highest BCUT2D eigenvalue weighted by Gasteiger charge is 2.11. The monoisotopic (exact) mass is 207 g/mol. The van der Waals surface area contributed by atoms with Crippen molar-refractivity contribution in [3.05, 3.63) is 35.9 Å². The fourth-order valence-electron chi connectivity index (χ4n) is 1.20. The number of carboxylic acid groups (broad SMARTS) is 1. The van der Waals surface area contributed by atoms with Crippen molar-refractivity contribution in [1.29, 1.82) is 0 Å². The number of benzene rings is 1. The molecule has 1 N–H and O–H groups in total. The summed E-state index contributed by atoms with van der Waals surface area (Å²) >= 11 is 0. The van der Waals surface area contributed by atoms with Gasteiger partial charge in [0.05, 0.1) is 6.42 Å². The van der Waals surface area contributed by atoms with E-state index in [4.69, 9.17) is 5.11 Å². The van der Waals surface area contributed by atoms with Gasteiger partial charge in [-0.25, -0.2) is 0 Å². The Bertz CT molecular complexity index is 348. The van der Waals surface area contributed by atoms with Crippen LogP contribution in [-0.2, 0) is 16.0 Å². The van der Waals surface area contributed by atoms with Crippen LogP contribution in [0, 0.1) is 0 Å². The smallest absolute Gasteiger partial charge is 0.323 e. The molecule has 0 fully saturated rings. The maximum atomic E-state index is 11.5. The Hall–Kier alpha value is -1.84. The van der Waals surface area contributed by atoms with Gasteiger partial charge >= 0.3 is 5.97 Å². The number of likely N-dealkylation sites (N-methyl/N-ethyl adjacent to an activating group) is 1. The fourth-order valence-corrected chi connectivity index (χ4v) is 1.20. The second-order valence-corrected chi connectivity index (χ2v) is 3.31. The Kier molecular flexibility index (Phi) is 3.85. The van der Waals surface area contributed by atoms with Gasteiger partial charge in [0.1, 0.15) is 6.54 Å². The number of rotatable bonds is 4. The summed E-state index contributed by atoms with van der Waals surface area (Å²) in [5, 5.41) is 8.50. The van der Waals surface area contributed by atoms with E-state index in [0.29, 0.717) is 0 Å². The van der Waals surface area contributed by atoms with Crippen molar-refractivity contribution in [2.75, 3.05) is 13.6 Å². The number of carboxylic acids is 1. The Morgan fingerprint density at radius 2 is 1.87 bits per heavy atom. The summed E-state index contributed by atoms with van der Waals surface area (Å²) < 4.78 is 0. The molecule has 0 saturated heterocycles. The van der Waals surface area contributed by atoms with Crippen LogP contribution >= 0.6 is 0 Å². The van der Waals surface area contributed by atoms with Gasteiger partial charge in [0.15, 0.2) is 0 Å². The molecular weight excluding hydrogens is 194 g/mol. The molecule has 4 nitrogen and oxygen atoms in total. The Labute approximate surface area is 88.1 Å². The predicted molar refractivity (Wildman–Crippen MR) is 55.4 cm³/mol. The molecule has 1 rings (SSSR count). The minimum atomic E-state index is -1.00. The van der Waals surface area contributed by atoms with Gasteiger partial charge in [-0.2, -0.15) is 0 Å². The van der Waals surface area contributed by atoms with Crippen LogP contribution in [-0.4, -0.2) is 35.5 Å². The van der Waals surface area contributed by atoms with Crippen molar-refractivity contribution in [3.63, 3.8) is 0 Å². The third-order valence-corrected chi connectivity index (χ3v) is 2.00. The Morgan fingerprint density at radius 3 is 2.40 bits per heavy atom. The molecule has 0 atom stereocenters. The van der Waals surface area contributed by atoms with Crippen molar-refractivity contribution in [2.45, 2.75) is 6.42 Å². The van der Waals surface area contributed by atoms with Gasteiger partial charge < -0.3 is 10.0 Å². The van der Waals surface area contributed by atoms with Crippen LogP contribution in [0.5, 0.6) is 0 Å². The SMILES string of the molecule is CN(CC(=O)O)C(=O)Cc1ccccc1. The molecule has 0 saturated carbocycles. The highest BCUT2D eigenvalue weighted by atomic mass is 16.4. The number of hydrogen-bond donors (Lipinski definition) is 1. The molecule has 0 aliphatic carbocycles. The van der Waals surface area contributed by atoms with Gasteiger partial charge in [0.2, 0.25) is 5.91 Å². The molecule has 4 heteroatoms. The van der Waals surface area contributed by atoms with E-state index < -0.39 is 5.97 Å². The molecule has 0 radical (unpaired) electrons. The van der Waals surface area contributed by atoms with Gasteiger partial charge in [-0.1, -0.05) is 30.3 Å². The first kappa shape index (κ1) is 11.2. The summed E-state index contributed by atoms with van der Waals surface area (Å²) in [4.78, 5) is 23.1. The van der Waals surface area contributed by atoms with Crippen molar-refractivity contribution in [2.24, 2.45) is 0 Å². The number of carbonyl (C=O) groups excluding carboxylic acids is 1. The van der Waals surface area contributed by atoms with E-state index in [1.807, 2.05) is 30.3 Å². The molecule has 0 aliphatic heterocycles. The number of aliphatic carboxylic acids is 1. The van der Waals surface area contributed by atoms with Crippen LogP contribution in [0.1, 0.15) is 5.56 Å². The molecule has 1 amide bonds. The molecule has 1 aromatic carbocycles. The van der Waals surface area contributed by atoms with Crippen LogP contribution in [0.4, 0.5) is 0 Å². The largest absolute Gasteiger partial charge is 0.480 e. The lowest BCUT2D eigenvalue weighted by atomic mass is 10.1. The van der Waals surface area contributed by atoms with E-state index in [-0.39, 0.29) is 18.9 Å². The molecule has 0 heterocycles. The van der Waals surface area contributed by atoms with Gasteiger partial charge in [-0.3, -0.25) is 9.59 Å². The summed E-state index contributed by atoms with van der Waals surface area (Å²) in [6.07, 6.45) is 0.241. The first-order valence-electron chi connectivity index (χ1n) is 4.59. The summed E-state index contributed by atoms with van der Waals surface area (Å²) in [5.74, 6) is -1.19. The average Bonchev–Trinajstić information content (AvgIpc) is 2.18. The zero-order chi connectivity index (χ0) is 11.3. The predicted octanol–water partition coefficient (Wildman–Crippen LogP) is 0.772. The zero-order valence-corrected chi connectivity index (χ0v) is 8.51. The maximum Gasteiger partial charge on any atom is 0.323 e. The van der Waals surface area contributed by atoms with E-state index >= 15 is 0 Å². The molecule has 1 aromatic rings. The Balaban J connectivity index is 2.52. The minimum Gasteiger partial charge on any atom is -0.480 e. The molecule has 15 heavy (non-hydrogen) atoms. The highest BCUT2D eigenvalue weighted by Crippen LogP contribution is 2.01. The third kappa shape index (κ3) is 3.81. The van der Waals surface area contributed by atoms with Gasteiger partial charge in [0.25, 0.3) is 0 Å². The average molecular weight is 207 g/mol.